The molecule has 5 heteroatoms. The van der Waals surface area contributed by atoms with Gasteiger partial charge < -0.3 is 9.73 Å². The Balaban J connectivity index is 1.97. The molecule has 3 nitrogen and oxygen atoms in total. The van der Waals surface area contributed by atoms with Crippen molar-refractivity contribution in [2.24, 2.45) is 0 Å². The molecule has 0 aliphatic carbocycles. The number of oxazole rings is 1. The first kappa shape index (κ1) is 8.59. The van der Waals surface area contributed by atoms with Gasteiger partial charge in [0, 0.05) is 0 Å². The van der Waals surface area contributed by atoms with Crippen LogP contribution in [-0.2, 0) is 6.54 Å². The summed E-state index contributed by atoms with van der Waals surface area (Å²) < 4.78 is 5.60. The fraction of sp³-hybridized carbons (Fsp3) is 0.125. The second-order valence-corrected chi connectivity index (χ2v) is 3.96. The van der Waals surface area contributed by atoms with E-state index in [1.807, 2.05) is 11.4 Å². The van der Waals surface area contributed by atoms with Crippen molar-refractivity contribution in [1.29, 1.82) is 0 Å². The van der Waals surface area contributed by atoms with Crippen molar-refractivity contribution < 1.29 is 4.42 Å². The maximum Gasteiger partial charge on any atom is 0.180 e. The summed E-state index contributed by atoms with van der Waals surface area (Å²) in [5, 5.41) is 5.09. The van der Waals surface area contributed by atoms with Crippen LogP contribution in [0, 0.1) is 0 Å². The first-order valence-electron chi connectivity index (χ1n) is 3.70. The van der Waals surface area contributed by atoms with Crippen LogP contribution in [0.5, 0.6) is 0 Å². The topological polar surface area (TPSA) is 38.1 Å². The Labute approximate surface area is 84.4 Å². The Kier molecular flexibility index (Phi) is 2.52. The SMILES string of the molecule is Clc1sccc1NCc1cocn1. The Morgan fingerprint density at radius 3 is 3.15 bits per heavy atom. The van der Waals surface area contributed by atoms with E-state index in [-0.39, 0.29) is 0 Å². The second kappa shape index (κ2) is 3.81. The van der Waals surface area contributed by atoms with Gasteiger partial charge in [-0.2, -0.15) is 0 Å². The third kappa shape index (κ3) is 2.02. The largest absolute Gasteiger partial charge is 0.451 e. The molecule has 13 heavy (non-hydrogen) atoms. The molecule has 0 spiro atoms. The van der Waals surface area contributed by atoms with E-state index in [1.165, 1.54) is 17.7 Å². The Morgan fingerprint density at radius 1 is 1.62 bits per heavy atom. The van der Waals surface area contributed by atoms with E-state index in [2.05, 4.69) is 10.3 Å². The lowest BCUT2D eigenvalue weighted by molar-refractivity contribution is 0.556. The summed E-state index contributed by atoms with van der Waals surface area (Å²) >= 11 is 7.39. The fourth-order valence-electron chi connectivity index (χ4n) is 0.930. The smallest absolute Gasteiger partial charge is 0.180 e. The van der Waals surface area contributed by atoms with Crippen molar-refractivity contribution >= 4 is 28.6 Å². The van der Waals surface area contributed by atoms with Gasteiger partial charge in [0.1, 0.15) is 10.6 Å². The number of thiophene rings is 1. The molecule has 0 aliphatic heterocycles. The maximum atomic E-state index is 5.89. The minimum atomic E-state index is 0.632. The molecular weight excluding hydrogens is 208 g/mol. The molecule has 0 unspecified atom stereocenters. The number of hydrogen-bond acceptors (Lipinski definition) is 4. The summed E-state index contributed by atoms with van der Waals surface area (Å²) in [5.41, 5.74) is 1.80. The van der Waals surface area contributed by atoms with Crippen LogP contribution in [0.25, 0.3) is 0 Å². The molecule has 2 aromatic rings. The Hall–Kier alpha value is -1.00. The molecule has 68 valence electrons. The highest BCUT2D eigenvalue weighted by Crippen LogP contribution is 2.27. The summed E-state index contributed by atoms with van der Waals surface area (Å²) in [4.78, 5) is 3.98. The van der Waals surface area contributed by atoms with Gasteiger partial charge >= 0.3 is 0 Å². The molecule has 0 fully saturated rings. The van der Waals surface area contributed by atoms with Gasteiger partial charge in [0.15, 0.2) is 6.39 Å². The molecule has 0 radical (unpaired) electrons. The van der Waals surface area contributed by atoms with Crippen LogP contribution < -0.4 is 5.32 Å². The molecule has 0 bridgehead atoms. The van der Waals surface area contributed by atoms with E-state index in [0.717, 1.165) is 15.7 Å². The van der Waals surface area contributed by atoms with Crippen molar-refractivity contribution in [3.63, 3.8) is 0 Å². The third-order valence-electron chi connectivity index (χ3n) is 1.56. The molecule has 1 N–H and O–H groups in total. The molecule has 0 saturated carbocycles. The first-order chi connectivity index (χ1) is 6.36. The Bertz CT molecular complexity index is 371. The monoisotopic (exact) mass is 214 g/mol. The summed E-state index contributed by atoms with van der Waals surface area (Å²) in [7, 11) is 0. The molecule has 0 aliphatic rings. The normalized spacial score (nSPS) is 10.2. The van der Waals surface area contributed by atoms with Crippen molar-refractivity contribution in [3.8, 4) is 0 Å². The van der Waals surface area contributed by atoms with E-state index < -0.39 is 0 Å². The lowest BCUT2D eigenvalue weighted by atomic mass is 10.4. The summed E-state index contributed by atoms with van der Waals surface area (Å²) in [5.74, 6) is 0. The lowest BCUT2D eigenvalue weighted by Gasteiger charge is -2.00. The standard InChI is InChI=1S/C8H7ClN2OS/c9-8-7(1-2-13-8)10-3-6-4-12-5-11-6/h1-2,4-5,10H,3H2. The summed E-state index contributed by atoms with van der Waals surface area (Å²) in [6, 6.07) is 1.94. The molecule has 2 rings (SSSR count). The quantitative estimate of drug-likeness (QED) is 0.854. The van der Waals surface area contributed by atoms with Gasteiger partial charge in [0.25, 0.3) is 0 Å². The number of hydrogen-bond donors (Lipinski definition) is 1. The minimum absolute atomic E-state index is 0.632. The first-order valence-corrected chi connectivity index (χ1v) is 4.96. The molecule has 0 amide bonds. The highest BCUT2D eigenvalue weighted by molar-refractivity contribution is 7.15. The highest BCUT2D eigenvalue weighted by Gasteiger charge is 2.01. The number of halogens is 1. The number of nitrogens with one attached hydrogen (secondary N) is 1. The number of rotatable bonds is 3. The summed E-state index contributed by atoms with van der Waals surface area (Å²) in [6.45, 7) is 0.632. The molecule has 0 aromatic carbocycles. The minimum Gasteiger partial charge on any atom is -0.451 e. The van der Waals surface area contributed by atoms with Crippen LogP contribution in [-0.4, -0.2) is 4.98 Å². The van der Waals surface area contributed by atoms with E-state index >= 15 is 0 Å². The predicted molar refractivity (Wildman–Crippen MR) is 53.2 cm³/mol. The van der Waals surface area contributed by atoms with Crippen molar-refractivity contribution in [2.75, 3.05) is 5.32 Å². The average molecular weight is 215 g/mol. The molecule has 0 atom stereocenters. The zero-order valence-corrected chi connectivity index (χ0v) is 8.23. The zero-order valence-electron chi connectivity index (χ0n) is 6.66. The van der Waals surface area contributed by atoms with Crippen LogP contribution in [0.15, 0.2) is 28.5 Å². The molecular formula is C8H7ClN2OS. The molecule has 0 saturated heterocycles. The zero-order chi connectivity index (χ0) is 9.10. The van der Waals surface area contributed by atoms with E-state index in [9.17, 15) is 0 Å². The predicted octanol–water partition coefficient (Wildman–Crippen LogP) is 3.00. The van der Waals surface area contributed by atoms with Gasteiger partial charge in [-0.05, 0) is 11.4 Å². The number of anilines is 1. The summed E-state index contributed by atoms with van der Waals surface area (Å²) in [6.07, 6.45) is 3.01. The van der Waals surface area contributed by atoms with Crippen LogP contribution in [0.3, 0.4) is 0 Å². The highest BCUT2D eigenvalue weighted by atomic mass is 35.5. The third-order valence-corrected chi connectivity index (χ3v) is 2.73. The average Bonchev–Trinajstić information content (AvgIpc) is 2.72. The van der Waals surface area contributed by atoms with Crippen LogP contribution in [0.4, 0.5) is 5.69 Å². The van der Waals surface area contributed by atoms with Gasteiger partial charge in [-0.3, -0.25) is 0 Å². The van der Waals surface area contributed by atoms with Gasteiger partial charge in [0.05, 0.1) is 17.9 Å². The molecule has 2 heterocycles. The van der Waals surface area contributed by atoms with Gasteiger partial charge in [0.2, 0.25) is 0 Å². The van der Waals surface area contributed by atoms with Crippen LogP contribution in [0.1, 0.15) is 5.69 Å². The van der Waals surface area contributed by atoms with Crippen LogP contribution >= 0.6 is 22.9 Å². The number of aromatic nitrogens is 1. The number of nitrogens with zero attached hydrogens (tertiary/aromatic N) is 1. The maximum absolute atomic E-state index is 5.89. The van der Waals surface area contributed by atoms with E-state index in [0.29, 0.717) is 6.54 Å². The van der Waals surface area contributed by atoms with Gasteiger partial charge in [-0.25, -0.2) is 4.98 Å². The van der Waals surface area contributed by atoms with Crippen molar-refractivity contribution in [1.82, 2.24) is 4.98 Å². The van der Waals surface area contributed by atoms with E-state index in [1.54, 1.807) is 6.26 Å². The van der Waals surface area contributed by atoms with E-state index in [4.69, 9.17) is 16.0 Å². The van der Waals surface area contributed by atoms with Crippen LogP contribution in [0.2, 0.25) is 4.34 Å². The van der Waals surface area contributed by atoms with Crippen molar-refractivity contribution in [2.45, 2.75) is 6.54 Å². The Morgan fingerprint density at radius 2 is 2.54 bits per heavy atom. The fourth-order valence-corrected chi connectivity index (χ4v) is 1.80. The lowest BCUT2D eigenvalue weighted by Crippen LogP contribution is -1.98. The van der Waals surface area contributed by atoms with Crippen molar-refractivity contribution in [3.05, 3.63) is 34.1 Å². The molecule has 2 aromatic heterocycles. The van der Waals surface area contributed by atoms with Gasteiger partial charge in [-0.1, -0.05) is 11.6 Å². The second-order valence-electron chi connectivity index (χ2n) is 2.44. The van der Waals surface area contributed by atoms with Gasteiger partial charge in [-0.15, -0.1) is 11.3 Å².